The van der Waals surface area contributed by atoms with Crippen molar-refractivity contribution in [2.75, 3.05) is 17.1 Å². The van der Waals surface area contributed by atoms with E-state index in [1.165, 1.54) is 6.07 Å². The zero-order valence-corrected chi connectivity index (χ0v) is 13.8. The number of anilines is 2. The Morgan fingerprint density at radius 2 is 1.71 bits per heavy atom. The smallest absolute Gasteiger partial charge is 0.264 e. The third-order valence-corrected chi connectivity index (χ3v) is 5.18. The van der Waals surface area contributed by atoms with Crippen LogP contribution in [0.2, 0.25) is 10.0 Å². The lowest BCUT2D eigenvalue weighted by molar-refractivity contribution is 0.601. The van der Waals surface area contributed by atoms with E-state index in [1.54, 1.807) is 44.3 Å². The number of hydrogen-bond donors (Lipinski definition) is 2. The molecule has 0 saturated heterocycles. The molecule has 2 N–H and O–H groups in total. The Balaban J connectivity index is 2.50. The van der Waals surface area contributed by atoms with Crippen LogP contribution in [0.1, 0.15) is 5.56 Å². The summed E-state index contributed by atoms with van der Waals surface area (Å²) in [5.74, 6) is 0. The fourth-order valence-electron chi connectivity index (χ4n) is 1.85. The molecule has 0 atom stereocenters. The van der Waals surface area contributed by atoms with Crippen LogP contribution in [0.3, 0.4) is 0 Å². The van der Waals surface area contributed by atoms with Crippen LogP contribution < -0.4 is 10.0 Å². The van der Waals surface area contributed by atoms with Gasteiger partial charge in [0.1, 0.15) is 4.90 Å². The third kappa shape index (κ3) is 3.26. The summed E-state index contributed by atoms with van der Waals surface area (Å²) in [6, 6.07) is 9.90. The first-order valence-electron chi connectivity index (χ1n) is 6.11. The van der Waals surface area contributed by atoms with Gasteiger partial charge in [0.25, 0.3) is 10.0 Å². The van der Waals surface area contributed by atoms with Crippen LogP contribution >= 0.6 is 23.2 Å². The summed E-state index contributed by atoms with van der Waals surface area (Å²) in [6.45, 7) is 1.78. The van der Waals surface area contributed by atoms with Gasteiger partial charge in [0.15, 0.2) is 0 Å². The van der Waals surface area contributed by atoms with Gasteiger partial charge >= 0.3 is 0 Å². The summed E-state index contributed by atoms with van der Waals surface area (Å²) in [5.41, 5.74) is 1.41. The van der Waals surface area contributed by atoms with Crippen LogP contribution in [0.25, 0.3) is 0 Å². The van der Waals surface area contributed by atoms with Gasteiger partial charge in [-0.25, -0.2) is 8.42 Å². The van der Waals surface area contributed by atoms with E-state index in [2.05, 4.69) is 10.0 Å². The molecule has 0 fully saturated rings. The topological polar surface area (TPSA) is 58.2 Å². The van der Waals surface area contributed by atoms with Crippen LogP contribution in [-0.4, -0.2) is 15.5 Å². The van der Waals surface area contributed by atoms with Crippen molar-refractivity contribution >= 4 is 44.6 Å². The second-order valence-electron chi connectivity index (χ2n) is 4.40. The molecule has 7 heteroatoms. The molecule has 2 rings (SSSR count). The highest BCUT2D eigenvalue weighted by molar-refractivity contribution is 7.93. The van der Waals surface area contributed by atoms with Crippen molar-refractivity contribution in [2.24, 2.45) is 0 Å². The second kappa shape index (κ2) is 6.13. The molecule has 0 unspecified atom stereocenters. The molecular weight excluding hydrogens is 331 g/mol. The monoisotopic (exact) mass is 344 g/mol. The number of rotatable bonds is 4. The number of benzene rings is 2. The molecule has 2 aromatic rings. The van der Waals surface area contributed by atoms with Crippen LogP contribution in [0, 0.1) is 6.92 Å². The lowest BCUT2D eigenvalue weighted by Gasteiger charge is -2.14. The minimum atomic E-state index is -3.80. The molecule has 2 aromatic carbocycles. The molecule has 0 aliphatic rings. The standard InChI is InChI=1S/C14H14Cl2N2O2S/c1-9-7-8-10(15)14(13(9)16)18-21(19,20)12-6-4-3-5-11(12)17-2/h3-8,17-18H,1-2H3. The van der Waals surface area contributed by atoms with E-state index in [9.17, 15) is 8.42 Å². The van der Waals surface area contributed by atoms with Crippen LogP contribution in [-0.2, 0) is 10.0 Å². The number of aryl methyl sites for hydroxylation is 1. The third-order valence-electron chi connectivity index (χ3n) is 2.97. The number of para-hydroxylation sites is 1. The Morgan fingerprint density at radius 3 is 2.38 bits per heavy atom. The van der Waals surface area contributed by atoms with E-state index in [-0.39, 0.29) is 20.6 Å². The average Bonchev–Trinajstić information content (AvgIpc) is 2.47. The van der Waals surface area contributed by atoms with Crippen molar-refractivity contribution in [2.45, 2.75) is 11.8 Å². The van der Waals surface area contributed by atoms with Crippen LogP contribution in [0.5, 0.6) is 0 Å². The predicted octanol–water partition coefficient (Wildman–Crippen LogP) is 4.14. The summed E-state index contributed by atoms with van der Waals surface area (Å²) in [5, 5.41) is 3.37. The van der Waals surface area contributed by atoms with E-state index in [0.29, 0.717) is 5.69 Å². The van der Waals surface area contributed by atoms with Crippen molar-refractivity contribution in [3.63, 3.8) is 0 Å². The van der Waals surface area contributed by atoms with Crippen molar-refractivity contribution in [1.82, 2.24) is 0 Å². The molecule has 4 nitrogen and oxygen atoms in total. The summed E-state index contributed by atoms with van der Waals surface area (Å²) < 4.78 is 27.5. The Morgan fingerprint density at radius 1 is 1.05 bits per heavy atom. The normalized spacial score (nSPS) is 11.2. The summed E-state index contributed by atoms with van der Waals surface area (Å²) in [6.07, 6.45) is 0. The molecule has 21 heavy (non-hydrogen) atoms. The maximum atomic E-state index is 12.5. The van der Waals surface area contributed by atoms with E-state index < -0.39 is 10.0 Å². The molecule has 0 aliphatic heterocycles. The molecular formula is C14H14Cl2N2O2S. The quantitative estimate of drug-likeness (QED) is 0.875. The Hall–Kier alpha value is -1.43. The molecule has 0 saturated carbocycles. The highest BCUT2D eigenvalue weighted by atomic mass is 35.5. The molecule has 0 bridgehead atoms. The zero-order chi connectivity index (χ0) is 15.6. The molecule has 112 valence electrons. The Labute approximate surface area is 134 Å². The summed E-state index contributed by atoms with van der Waals surface area (Å²) >= 11 is 12.2. The molecule has 0 amide bonds. The average molecular weight is 345 g/mol. The van der Waals surface area contributed by atoms with Crippen molar-refractivity contribution in [3.8, 4) is 0 Å². The van der Waals surface area contributed by atoms with Gasteiger partial charge in [-0.15, -0.1) is 0 Å². The molecule has 0 aromatic heterocycles. The van der Waals surface area contributed by atoms with Gasteiger partial charge in [-0.1, -0.05) is 41.4 Å². The van der Waals surface area contributed by atoms with Gasteiger partial charge in [0, 0.05) is 7.05 Å². The van der Waals surface area contributed by atoms with E-state index >= 15 is 0 Å². The molecule has 0 heterocycles. The number of sulfonamides is 1. The fraction of sp³-hybridized carbons (Fsp3) is 0.143. The maximum absolute atomic E-state index is 12.5. The lowest BCUT2D eigenvalue weighted by Crippen LogP contribution is -2.15. The van der Waals surface area contributed by atoms with Gasteiger partial charge in [0.05, 0.1) is 21.4 Å². The first-order chi connectivity index (χ1) is 9.86. The van der Waals surface area contributed by atoms with E-state index in [4.69, 9.17) is 23.2 Å². The first-order valence-corrected chi connectivity index (χ1v) is 8.35. The minimum Gasteiger partial charge on any atom is -0.387 e. The lowest BCUT2D eigenvalue weighted by atomic mass is 10.2. The van der Waals surface area contributed by atoms with Gasteiger partial charge in [-0.2, -0.15) is 0 Å². The number of nitrogens with one attached hydrogen (secondary N) is 2. The van der Waals surface area contributed by atoms with Gasteiger partial charge in [-0.3, -0.25) is 4.72 Å². The molecule has 0 aliphatic carbocycles. The van der Waals surface area contributed by atoms with E-state index in [0.717, 1.165) is 5.56 Å². The van der Waals surface area contributed by atoms with Crippen LogP contribution in [0.4, 0.5) is 11.4 Å². The van der Waals surface area contributed by atoms with E-state index in [1.807, 2.05) is 0 Å². The fourth-order valence-corrected chi connectivity index (χ4v) is 3.73. The Kier molecular flexibility index (Phi) is 4.66. The first kappa shape index (κ1) is 15.9. The SMILES string of the molecule is CNc1ccccc1S(=O)(=O)Nc1c(Cl)ccc(C)c1Cl. The summed E-state index contributed by atoms with van der Waals surface area (Å²) in [4.78, 5) is 0.126. The number of hydrogen-bond acceptors (Lipinski definition) is 3. The zero-order valence-electron chi connectivity index (χ0n) is 11.4. The van der Waals surface area contributed by atoms with Crippen molar-refractivity contribution in [3.05, 3.63) is 52.0 Å². The minimum absolute atomic E-state index is 0.126. The Bertz CT molecular complexity index is 777. The molecule has 0 radical (unpaired) electrons. The largest absolute Gasteiger partial charge is 0.387 e. The van der Waals surface area contributed by atoms with Crippen molar-refractivity contribution < 1.29 is 8.42 Å². The van der Waals surface area contributed by atoms with Gasteiger partial charge in [0.2, 0.25) is 0 Å². The second-order valence-corrected chi connectivity index (χ2v) is 6.84. The van der Waals surface area contributed by atoms with Gasteiger partial charge in [-0.05, 0) is 30.7 Å². The summed E-state index contributed by atoms with van der Waals surface area (Å²) in [7, 11) is -2.15. The number of halogens is 2. The van der Waals surface area contributed by atoms with Crippen LogP contribution in [0.15, 0.2) is 41.3 Å². The highest BCUT2D eigenvalue weighted by Gasteiger charge is 2.21. The predicted molar refractivity (Wildman–Crippen MR) is 88.0 cm³/mol. The van der Waals surface area contributed by atoms with Crippen molar-refractivity contribution in [1.29, 1.82) is 0 Å². The molecule has 0 spiro atoms. The maximum Gasteiger partial charge on any atom is 0.264 e. The highest BCUT2D eigenvalue weighted by Crippen LogP contribution is 2.35. The van der Waals surface area contributed by atoms with Gasteiger partial charge < -0.3 is 5.32 Å².